The highest BCUT2D eigenvalue weighted by molar-refractivity contribution is 5.98. The molecule has 0 aliphatic rings. The van der Waals surface area contributed by atoms with E-state index in [4.69, 9.17) is 0 Å². The zero-order chi connectivity index (χ0) is 11.8. The molecule has 0 atom stereocenters. The number of benzene rings is 1. The summed E-state index contributed by atoms with van der Waals surface area (Å²) in [5.41, 5.74) is 0.562. The Hall–Kier alpha value is -2.10. The molecule has 0 saturated carbocycles. The van der Waals surface area contributed by atoms with Gasteiger partial charge in [0.05, 0.1) is 6.54 Å². The quantitative estimate of drug-likeness (QED) is 0.606. The van der Waals surface area contributed by atoms with Gasteiger partial charge in [0.1, 0.15) is 6.61 Å². The maximum atomic E-state index is 11.5. The van der Waals surface area contributed by atoms with Gasteiger partial charge in [-0.05, 0) is 0 Å². The number of Topliss-reactive ketones (excluding diaryl/α,β-unsaturated/α-hetero) is 1. The first-order valence-corrected chi connectivity index (χ1v) is 4.84. The smallest absolute Gasteiger partial charge is 0.407 e. The minimum absolute atomic E-state index is 0.0695. The predicted molar refractivity (Wildman–Crippen MR) is 60.3 cm³/mol. The van der Waals surface area contributed by atoms with E-state index in [-0.39, 0.29) is 18.9 Å². The van der Waals surface area contributed by atoms with E-state index in [1.54, 1.807) is 24.3 Å². The lowest BCUT2D eigenvalue weighted by atomic mass is 10.1. The molecule has 1 aromatic rings. The number of alkyl carbamates (subject to hydrolysis) is 1. The fraction of sp³-hybridized carbons (Fsp3) is 0.167. The molecule has 0 saturated heterocycles. The summed E-state index contributed by atoms with van der Waals surface area (Å²) in [7, 11) is 0. The lowest BCUT2D eigenvalue weighted by Gasteiger charge is -2.04. The highest BCUT2D eigenvalue weighted by atomic mass is 16.5. The van der Waals surface area contributed by atoms with Crippen LogP contribution < -0.4 is 5.32 Å². The van der Waals surface area contributed by atoms with Gasteiger partial charge in [-0.2, -0.15) is 0 Å². The maximum Gasteiger partial charge on any atom is 0.407 e. The van der Waals surface area contributed by atoms with Crippen LogP contribution >= 0.6 is 0 Å². The largest absolute Gasteiger partial charge is 0.445 e. The molecule has 1 amide bonds. The molecule has 0 radical (unpaired) electrons. The van der Waals surface area contributed by atoms with Crippen LogP contribution in [0.5, 0.6) is 0 Å². The molecular formula is C12H13NO3. The van der Waals surface area contributed by atoms with E-state index in [0.29, 0.717) is 5.56 Å². The van der Waals surface area contributed by atoms with E-state index in [1.807, 2.05) is 6.07 Å². The SMILES string of the molecule is C=CCOC(=O)NCC(=O)c1ccccc1. The van der Waals surface area contributed by atoms with Gasteiger partial charge >= 0.3 is 6.09 Å². The maximum absolute atomic E-state index is 11.5. The number of carbonyl (C=O) groups excluding carboxylic acids is 2. The fourth-order valence-electron chi connectivity index (χ4n) is 1.06. The number of carbonyl (C=O) groups is 2. The Bertz CT molecular complexity index is 373. The standard InChI is InChI=1S/C12H13NO3/c1-2-8-16-12(15)13-9-11(14)10-6-4-3-5-7-10/h2-7H,1,8-9H2,(H,13,15). The minimum Gasteiger partial charge on any atom is -0.445 e. The molecule has 0 spiro atoms. The Balaban J connectivity index is 2.36. The molecule has 0 aliphatic heterocycles. The van der Waals surface area contributed by atoms with Crippen LogP contribution in [0.15, 0.2) is 43.0 Å². The van der Waals surface area contributed by atoms with Crippen LogP contribution in [0, 0.1) is 0 Å². The van der Waals surface area contributed by atoms with Gasteiger partial charge in [-0.3, -0.25) is 4.79 Å². The Labute approximate surface area is 93.9 Å². The molecule has 0 unspecified atom stereocenters. The molecule has 84 valence electrons. The van der Waals surface area contributed by atoms with Crippen LogP contribution in [0.1, 0.15) is 10.4 Å². The second-order valence-electron chi connectivity index (χ2n) is 3.03. The number of nitrogens with one attached hydrogen (secondary N) is 1. The number of hydrogen-bond acceptors (Lipinski definition) is 3. The molecule has 0 heterocycles. The third-order valence-corrected chi connectivity index (χ3v) is 1.82. The van der Waals surface area contributed by atoms with Crippen molar-refractivity contribution in [2.45, 2.75) is 0 Å². The van der Waals surface area contributed by atoms with Crippen molar-refractivity contribution in [3.05, 3.63) is 48.6 Å². The first-order chi connectivity index (χ1) is 7.74. The number of hydrogen-bond donors (Lipinski definition) is 1. The summed E-state index contributed by atoms with van der Waals surface area (Å²) in [6, 6.07) is 8.74. The minimum atomic E-state index is -0.621. The van der Waals surface area contributed by atoms with E-state index >= 15 is 0 Å². The van der Waals surface area contributed by atoms with Crippen molar-refractivity contribution in [2.24, 2.45) is 0 Å². The van der Waals surface area contributed by atoms with Crippen molar-refractivity contribution in [3.63, 3.8) is 0 Å². The van der Waals surface area contributed by atoms with Crippen molar-refractivity contribution in [1.29, 1.82) is 0 Å². The van der Waals surface area contributed by atoms with Crippen LogP contribution in [0.3, 0.4) is 0 Å². The van der Waals surface area contributed by atoms with Gasteiger partial charge in [0.2, 0.25) is 0 Å². The molecule has 0 aromatic heterocycles. The van der Waals surface area contributed by atoms with E-state index in [0.717, 1.165) is 0 Å². The summed E-state index contributed by atoms with van der Waals surface area (Å²) in [6.07, 6.45) is 0.836. The van der Waals surface area contributed by atoms with Crippen LogP contribution in [-0.4, -0.2) is 25.0 Å². The van der Waals surface area contributed by atoms with Gasteiger partial charge in [-0.25, -0.2) is 4.79 Å². The second-order valence-corrected chi connectivity index (χ2v) is 3.03. The van der Waals surface area contributed by atoms with E-state index in [2.05, 4.69) is 16.6 Å². The van der Waals surface area contributed by atoms with E-state index < -0.39 is 6.09 Å². The van der Waals surface area contributed by atoms with Crippen molar-refractivity contribution in [2.75, 3.05) is 13.2 Å². The Morgan fingerprint density at radius 3 is 2.62 bits per heavy atom. The van der Waals surface area contributed by atoms with Gasteiger partial charge in [-0.15, -0.1) is 0 Å². The lowest BCUT2D eigenvalue weighted by molar-refractivity contribution is 0.0980. The van der Waals surface area contributed by atoms with Gasteiger partial charge in [0.25, 0.3) is 0 Å². The molecule has 4 nitrogen and oxygen atoms in total. The second kappa shape index (κ2) is 6.40. The van der Waals surface area contributed by atoms with E-state index in [1.165, 1.54) is 6.08 Å². The van der Waals surface area contributed by atoms with Gasteiger partial charge < -0.3 is 10.1 Å². The Kier molecular flexibility index (Phi) is 4.79. The average molecular weight is 219 g/mol. The summed E-state index contributed by atoms with van der Waals surface area (Å²) >= 11 is 0. The third-order valence-electron chi connectivity index (χ3n) is 1.82. The number of ketones is 1. The molecule has 1 N–H and O–H groups in total. The third kappa shape index (κ3) is 3.96. The lowest BCUT2D eigenvalue weighted by Crippen LogP contribution is -2.30. The van der Waals surface area contributed by atoms with Crippen LogP contribution in [0.25, 0.3) is 0 Å². The van der Waals surface area contributed by atoms with Crippen molar-refractivity contribution in [3.8, 4) is 0 Å². The van der Waals surface area contributed by atoms with E-state index in [9.17, 15) is 9.59 Å². The molecule has 0 bridgehead atoms. The van der Waals surface area contributed by atoms with Crippen molar-refractivity contribution in [1.82, 2.24) is 5.32 Å². The fourth-order valence-corrected chi connectivity index (χ4v) is 1.06. The van der Waals surface area contributed by atoms with Crippen LogP contribution in [0.4, 0.5) is 4.79 Å². The topological polar surface area (TPSA) is 55.4 Å². The zero-order valence-electron chi connectivity index (χ0n) is 8.81. The number of rotatable bonds is 5. The molecule has 16 heavy (non-hydrogen) atoms. The van der Waals surface area contributed by atoms with Crippen molar-refractivity contribution >= 4 is 11.9 Å². The summed E-state index contributed by atoms with van der Waals surface area (Å²) in [5, 5.41) is 2.36. The van der Waals surface area contributed by atoms with Gasteiger partial charge in [0.15, 0.2) is 5.78 Å². The Morgan fingerprint density at radius 1 is 1.31 bits per heavy atom. The van der Waals surface area contributed by atoms with Gasteiger partial charge in [-0.1, -0.05) is 43.0 Å². The summed E-state index contributed by atoms with van der Waals surface area (Å²) in [5.74, 6) is -0.156. The van der Waals surface area contributed by atoms with Crippen molar-refractivity contribution < 1.29 is 14.3 Å². The number of ether oxygens (including phenoxy) is 1. The molecular weight excluding hydrogens is 206 g/mol. The predicted octanol–water partition coefficient (Wildman–Crippen LogP) is 1.78. The highest BCUT2D eigenvalue weighted by Gasteiger charge is 2.07. The van der Waals surface area contributed by atoms with Crippen LogP contribution in [0.2, 0.25) is 0 Å². The molecule has 0 aliphatic carbocycles. The highest BCUT2D eigenvalue weighted by Crippen LogP contribution is 1.98. The summed E-state index contributed by atoms with van der Waals surface area (Å²) in [4.78, 5) is 22.5. The Morgan fingerprint density at radius 2 is 2.00 bits per heavy atom. The first kappa shape index (κ1) is 12.0. The zero-order valence-corrected chi connectivity index (χ0v) is 8.81. The average Bonchev–Trinajstić information content (AvgIpc) is 2.34. The monoisotopic (exact) mass is 219 g/mol. The molecule has 1 aromatic carbocycles. The number of amides is 1. The normalized spacial score (nSPS) is 9.25. The summed E-state index contributed by atoms with van der Waals surface area (Å²) < 4.78 is 4.66. The van der Waals surface area contributed by atoms with Crippen LogP contribution in [-0.2, 0) is 4.74 Å². The first-order valence-electron chi connectivity index (χ1n) is 4.84. The molecule has 1 rings (SSSR count). The molecule has 0 fully saturated rings. The molecule has 4 heteroatoms. The van der Waals surface area contributed by atoms with Gasteiger partial charge in [0, 0.05) is 5.56 Å². The summed E-state index contributed by atoms with van der Waals surface area (Å²) in [6.45, 7) is 3.46.